The van der Waals surface area contributed by atoms with Crippen LogP contribution in [-0.4, -0.2) is 37.7 Å². The highest BCUT2D eigenvalue weighted by Gasteiger charge is 2.27. The molecule has 0 aliphatic heterocycles. The molecule has 8 heteroatoms. The maximum Gasteiger partial charge on any atom is 0.318 e. The number of carbonyl (C=O) groups excluding carboxylic acids is 3. The molecule has 0 aliphatic carbocycles. The smallest absolute Gasteiger partial charge is 0.318 e. The maximum atomic E-state index is 11.9. The van der Waals surface area contributed by atoms with Gasteiger partial charge in [0, 0.05) is 6.42 Å². The summed E-state index contributed by atoms with van der Waals surface area (Å²) in [5.74, 6) is -0.180. The van der Waals surface area contributed by atoms with Gasteiger partial charge in [-0.25, -0.2) is 4.79 Å². The number of esters is 1. The summed E-state index contributed by atoms with van der Waals surface area (Å²) in [6.07, 6.45) is -0.557. The van der Waals surface area contributed by atoms with Crippen LogP contribution in [0, 0.1) is 5.92 Å². The van der Waals surface area contributed by atoms with Crippen LogP contribution in [0.15, 0.2) is 24.3 Å². The Labute approximate surface area is 146 Å². The van der Waals surface area contributed by atoms with Crippen molar-refractivity contribution in [3.05, 3.63) is 24.3 Å². The maximum absolute atomic E-state index is 11.9. The van der Waals surface area contributed by atoms with Gasteiger partial charge in [-0.1, -0.05) is 13.8 Å². The third kappa shape index (κ3) is 7.56. The first-order chi connectivity index (χ1) is 11.8. The second-order valence-corrected chi connectivity index (χ2v) is 5.64. The van der Waals surface area contributed by atoms with Gasteiger partial charge >= 0.3 is 12.0 Å². The van der Waals surface area contributed by atoms with Gasteiger partial charge < -0.3 is 19.9 Å². The minimum Gasteiger partial charge on any atom is -0.497 e. The lowest BCUT2D eigenvalue weighted by Crippen LogP contribution is -2.45. The van der Waals surface area contributed by atoms with Crippen molar-refractivity contribution in [2.75, 3.05) is 13.7 Å². The molecule has 1 rings (SSSR count). The van der Waals surface area contributed by atoms with Gasteiger partial charge in [-0.05, 0) is 36.6 Å². The number of imide groups is 1. The van der Waals surface area contributed by atoms with E-state index < -0.39 is 24.0 Å². The molecule has 0 saturated carbocycles. The number of primary amides is 1. The van der Waals surface area contributed by atoms with E-state index in [1.165, 1.54) is 0 Å². The number of carbonyl (C=O) groups is 3. The molecule has 0 aliphatic rings. The van der Waals surface area contributed by atoms with Crippen LogP contribution in [0.4, 0.5) is 4.79 Å². The number of benzene rings is 1. The topological polar surface area (TPSA) is 117 Å². The van der Waals surface area contributed by atoms with Gasteiger partial charge in [0.2, 0.25) is 0 Å². The monoisotopic (exact) mass is 352 g/mol. The first kappa shape index (κ1) is 20.3. The van der Waals surface area contributed by atoms with E-state index in [0.29, 0.717) is 18.8 Å². The highest BCUT2D eigenvalue weighted by atomic mass is 16.5. The SMILES string of the molecule is COc1ccc(OCCCC(=O)O[C@@H](C(=O)NC(N)=O)C(C)C)cc1. The van der Waals surface area contributed by atoms with Gasteiger partial charge in [0.1, 0.15) is 11.5 Å². The van der Waals surface area contributed by atoms with Crippen LogP contribution in [-0.2, 0) is 14.3 Å². The fourth-order valence-electron chi connectivity index (χ4n) is 1.96. The van der Waals surface area contributed by atoms with Crippen LogP contribution in [0.1, 0.15) is 26.7 Å². The van der Waals surface area contributed by atoms with Crippen molar-refractivity contribution in [3.8, 4) is 11.5 Å². The second-order valence-electron chi connectivity index (χ2n) is 5.64. The Morgan fingerprint density at radius 1 is 1.12 bits per heavy atom. The predicted molar refractivity (Wildman–Crippen MR) is 90.2 cm³/mol. The lowest BCUT2D eigenvalue weighted by molar-refractivity contribution is -0.158. The van der Waals surface area contributed by atoms with Gasteiger partial charge in [0.05, 0.1) is 13.7 Å². The Kier molecular flexibility index (Phi) is 8.25. The summed E-state index contributed by atoms with van der Waals surface area (Å²) in [4.78, 5) is 34.4. The fourth-order valence-corrected chi connectivity index (χ4v) is 1.96. The number of methoxy groups -OCH3 is 1. The van der Waals surface area contributed by atoms with Crippen LogP contribution < -0.4 is 20.5 Å². The molecule has 0 bridgehead atoms. The van der Waals surface area contributed by atoms with Crippen LogP contribution in [0.3, 0.4) is 0 Å². The molecule has 0 heterocycles. The molecule has 0 fully saturated rings. The van der Waals surface area contributed by atoms with Crippen LogP contribution in [0.25, 0.3) is 0 Å². The second kappa shape index (κ2) is 10.2. The fraction of sp³-hybridized carbons (Fsp3) is 0.471. The number of nitrogens with one attached hydrogen (secondary N) is 1. The molecular formula is C17H24N2O6. The van der Waals surface area contributed by atoms with E-state index in [1.54, 1.807) is 45.2 Å². The zero-order valence-corrected chi connectivity index (χ0v) is 14.6. The van der Waals surface area contributed by atoms with E-state index in [1.807, 2.05) is 5.32 Å². The van der Waals surface area contributed by atoms with Crippen molar-refractivity contribution in [3.63, 3.8) is 0 Å². The molecule has 1 aromatic carbocycles. The largest absolute Gasteiger partial charge is 0.497 e. The third-order valence-corrected chi connectivity index (χ3v) is 3.22. The molecule has 0 spiro atoms. The van der Waals surface area contributed by atoms with Crippen LogP contribution in [0.5, 0.6) is 11.5 Å². The molecule has 3 N–H and O–H groups in total. The standard InChI is InChI=1S/C17H24N2O6/c1-11(2)15(16(21)19-17(18)22)25-14(20)5-4-10-24-13-8-6-12(23-3)7-9-13/h6-9,11,15H,4-5,10H2,1-3H3,(H3,18,19,21,22)/t15-/m1/s1. The molecule has 8 nitrogen and oxygen atoms in total. The van der Waals surface area contributed by atoms with Crippen molar-refractivity contribution in [2.45, 2.75) is 32.8 Å². The summed E-state index contributed by atoms with van der Waals surface area (Å²) in [6, 6.07) is 6.09. The van der Waals surface area contributed by atoms with Crippen molar-refractivity contribution in [1.29, 1.82) is 0 Å². The van der Waals surface area contributed by atoms with Crippen molar-refractivity contribution in [2.24, 2.45) is 11.7 Å². The Morgan fingerprint density at radius 3 is 2.24 bits per heavy atom. The minimum absolute atomic E-state index is 0.0865. The lowest BCUT2D eigenvalue weighted by atomic mass is 10.1. The van der Waals surface area contributed by atoms with E-state index in [0.717, 1.165) is 5.75 Å². The average molecular weight is 352 g/mol. The third-order valence-electron chi connectivity index (χ3n) is 3.22. The lowest BCUT2D eigenvalue weighted by Gasteiger charge is -2.19. The molecule has 1 aromatic rings. The number of hydrogen-bond donors (Lipinski definition) is 2. The van der Waals surface area contributed by atoms with Gasteiger partial charge in [0.25, 0.3) is 5.91 Å². The molecular weight excluding hydrogens is 328 g/mol. The molecule has 25 heavy (non-hydrogen) atoms. The molecule has 0 aromatic heterocycles. The molecule has 1 atom stereocenters. The summed E-state index contributed by atoms with van der Waals surface area (Å²) < 4.78 is 15.7. The highest BCUT2D eigenvalue weighted by molar-refractivity contribution is 5.96. The van der Waals surface area contributed by atoms with Gasteiger partial charge in [-0.2, -0.15) is 0 Å². The molecule has 0 radical (unpaired) electrons. The Balaban J connectivity index is 2.36. The average Bonchev–Trinajstić information content (AvgIpc) is 2.56. The number of amides is 3. The van der Waals surface area contributed by atoms with Gasteiger partial charge in [-0.3, -0.25) is 14.9 Å². The molecule has 138 valence electrons. The summed E-state index contributed by atoms with van der Waals surface area (Å²) in [7, 11) is 1.58. The number of rotatable bonds is 9. The van der Waals surface area contributed by atoms with E-state index in [2.05, 4.69) is 0 Å². The first-order valence-corrected chi connectivity index (χ1v) is 7.90. The first-order valence-electron chi connectivity index (χ1n) is 7.90. The van der Waals surface area contributed by atoms with E-state index in [4.69, 9.17) is 19.9 Å². The van der Waals surface area contributed by atoms with Gasteiger partial charge in [0.15, 0.2) is 6.10 Å². The number of ether oxygens (including phenoxy) is 3. The summed E-state index contributed by atoms with van der Waals surface area (Å²) in [5.41, 5.74) is 4.90. The minimum atomic E-state index is -1.07. The van der Waals surface area contributed by atoms with Crippen molar-refractivity contribution in [1.82, 2.24) is 5.32 Å². The zero-order valence-electron chi connectivity index (χ0n) is 14.6. The summed E-state index contributed by atoms with van der Waals surface area (Å²) in [5, 5.41) is 1.92. The zero-order chi connectivity index (χ0) is 18.8. The quantitative estimate of drug-likeness (QED) is 0.515. The Morgan fingerprint density at radius 2 is 1.72 bits per heavy atom. The molecule has 0 saturated heterocycles. The van der Waals surface area contributed by atoms with E-state index >= 15 is 0 Å². The summed E-state index contributed by atoms with van der Waals surface area (Å²) in [6.45, 7) is 3.72. The number of urea groups is 1. The number of nitrogens with two attached hydrogens (primary N) is 1. The highest BCUT2D eigenvalue weighted by Crippen LogP contribution is 2.17. The van der Waals surface area contributed by atoms with Gasteiger partial charge in [-0.15, -0.1) is 0 Å². The van der Waals surface area contributed by atoms with Crippen molar-refractivity contribution >= 4 is 17.9 Å². The van der Waals surface area contributed by atoms with E-state index in [-0.39, 0.29) is 12.3 Å². The predicted octanol–water partition coefficient (Wildman–Crippen LogP) is 1.62. The van der Waals surface area contributed by atoms with Crippen LogP contribution in [0.2, 0.25) is 0 Å². The molecule has 0 unspecified atom stereocenters. The van der Waals surface area contributed by atoms with E-state index in [9.17, 15) is 14.4 Å². The van der Waals surface area contributed by atoms with Crippen LogP contribution >= 0.6 is 0 Å². The normalized spacial score (nSPS) is 11.5. The Hall–Kier alpha value is -2.77. The van der Waals surface area contributed by atoms with Crippen molar-refractivity contribution < 1.29 is 28.6 Å². The summed E-state index contributed by atoms with van der Waals surface area (Å²) >= 11 is 0. The Bertz CT molecular complexity index is 585. The molecule has 3 amide bonds. The number of hydrogen-bond acceptors (Lipinski definition) is 6.